The normalized spacial score (nSPS) is 22.1. The monoisotopic (exact) mass is 336 g/mol. The first kappa shape index (κ1) is 17.5. The van der Waals surface area contributed by atoms with Crippen molar-refractivity contribution in [2.24, 2.45) is 17.3 Å². The van der Waals surface area contributed by atoms with E-state index in [0.29, 0.717) is 11.4 Å². The molecule has 1 fully saturated rings. The van der Waals surface area contributed by atoms with Crippen LogP contribution < -0.4 is 10.0 Å². The molecule has 0 saturated heterocycles. The summed E-state index contributed by atoms with van der Waals surface area (Å²) >= 11 is 0. The van der Waals surface area contributed by atoms with Crippen LogP contribution in [0, 0.1) is 17.3 Å². The topological polar surface area (TPSA) is 75.3 Å². The van der Waals surface area contributed by atoms with Crippen molar-refractivity contribution in [3.05, 3.63) is 35.9 Å². The quantitative estimate of drug-likeness (QED) is 0.811. The Labute approximate surface area is 138 Å². The molecule has 1 aromatic carbocycles. The van der Waals surface area contributed by atoms with E-state index in [-0.39, 0.29) is 23.2 Å². The van der Waals surface area contributed by atoms with Crippen LogP contribution in [0.1, 0.15) is 27.7 Å². The highest BCUT2D eigenvalue weighted by molar-refractivity contribution is 7.92. The summed E-state index contributed by atoms with van der Waals surface area (Å²) in [5.41, 5.74) is 2.32. The van der Waals surface area contributed by atoms with E-state index in [2.05, 4.69) is 30.0 Å². The van der Waals surface area contributed by atoms with Crippen LogP contribution >= 0.6 is 0 Å². The van der Waals surface area contributed by atoms with Crippen molar-refractivity contribution in [1.82, 2.24) is 0 Å². The molecule has 0 radical (unpaired) electrons. The maximum atomic E-state index is 12.4. The van der Waals surface area contributed by atoms with E-state index < -0.39 is 10.0 Å². The van der Waals surface area contributed by atoms with E-state index in [1.807, 2.05) is 13.8 Å². The Morgan fingerprint density at radius 1 is 1.13 bits per heavy atom. The molecule has 1 aliphatic carbocycles. The fourth-order valence-corrected chi connectivity index (χ4v) is 3.47. The molecule has 2 rings (SSSR count). The van der Waals surface area contributed by atoms with E-state index in [1.165, 1.54) is 5.57 Å². The van der Waals surface area contributed by atoms with Gasteiger partial charge < -0.3 is 5.32 Å². The number of carbonyl (C=O) groups is 1. The van der Waals surface area contributed by atoms with Crippen molar-refractivity contribution in [3.63, 3.8) is 0 Å². The molecule has 6 heteroatoms. The minimum atomic E-state index is -3.29. The summed E-state index contributed by atoms with van der Waals surface area (Å²) in [7, 11) is -3.29. The lowest BCUT2D eigenvalue weighted by atomic mass is 10.1. The van der Waals surface area contributed by atoms with Gasteiger partial charge in [-0.2, -0.15) is 0 Å². The summed E-state index contributed by atoms with van der Waals surface area (Å²) in [5.74, 6) is 0.228. The molecule has 2 N–H and O–H groups in total. The van der Waals surface area contributed by atoms with Crippen molar-refractivity contribution in [2.45, 2.75) is 27.7 Å². The number of hydrogen-bond acceptors (Lipinski definition) is 3. The second-order valence-corrected chi connectivity index (χ2v) is 8.76. The average Bonchev–Trinajstić information content (AvgIpc) is 2.90. The number of amides is 1. The molecule has 0 heterocycles. The molecule has 1 aromatic rings. The van der Waals surface area contributed by atoms with E-state index in [0.717, 1.165) is 6.26 Å². The van der Waals surface area contributed by atoms with E-state index >= 15 is 0 Å². The number of benzene rings is 1. The molecular formula is C17H24N2O3S. The van der Waals surface area contributed by atoms with E-state index in [9.17, 15) is 13.2 Å². The Kier molecular flexibility index (Phi) is 4.57. The molecule has 1 aliphatic rings. The molecule has 0 bridgehead atoms. The SMILES string of the molecule is CC(C)=C[C@H]1[C@H](C(=O)Nc2ccc(NS(C)(=O)=O)cc2)C1(C)C. The Bertz CT molecular complexity index is 730. The van der Waals surface area contributed by atoms with Crippen LogP contribution in [0.4, 0.5) is 11.4 Å². The Hall–Kier alpha value is -1.82. The number of sulfonamides is 1. The van der Waals surface area contributed by atoms with Crippen molar-refractivity contribution in [2.75, 3.05) is 16.3 Å². The largest absolute Gasteiger partial charge is 0.326 e. The van der Waals surface area contributed by atoms with Gasteiger partial charge in [0.25, 0.3) is 0 Å². The number of nitrogens with one attached hydrogen (secondary N) is 2. The molecule has 23 heavy (non-hydrogen) atoms. The summed E-state index contributed by atoms with van der Waals surface area (Å²) in [6, 6.07) is 6.64. The molecule has 0 aliphatic heterocycles. The van der Waals surface area contributed by atoms with Gasteiger partial charge in [-0.3, -0.25) is 9.52 Å². The zero-order valence-corrected chi connectivity index (χ0v) is 15.0. The van der Waals surface area contributed by atoms with Crippen molar-refractivity contribution in [1.29, 1.82) is 0 Å². The summed E-state index contributed by atoms with van der Waals surface area (Å²) in [5, 5.41) is 2.91. The highest BCUT2D eigenvalue weighted by Gasteiger charge is 2.60. The molecule has 126 valence electrons. The fourth-order valence-electron chi connectivity index (χ4n) is 2.90. The highest BCUT2D eigenvalue weighted by Crippen LogP contribution is 2.59. The lowest BCUT2D eigenvalue weighted by Crippen LogP contribution is -2.17. The maximum Gasteiger partial charge on any atom is 0.229 e. The average molecular weight is 336 g/mol. The van der Waals surface area contributed by atoms with Gasteiger partial charge in [-0.15, -0.1) is 0 Å². The van der Waals surface area contributed by atoms with Crippen molar-refractivity contribution in [3.8, 4) is 0 Å². The van der Waals surface area contributed by atoms with Crippen LogP contribution in [-0.4, -0.2) is 20.6 Å². The van der Waals surface area contributed by atoms with Crippen molar-refractivity contribution >= 4 is 27.3 Å². The van der Waals surface area contributed by atoms with Gasteiger partial charge in [0.1, 0.15) is 0 Å². The highest BCUT2D eigenvalue weighted by atomic mass is 32.2. The number of carbonyl (C=O) groups excluding carboxylic acids is 1. The molecule has 1 amide bonds. The zero-order chi connectivity index (χ0) is 17.4. The molecular weight excluding hydrogens is 312 g/mol. The minimum absolute atomic E-state index is 0.00122. The second-order valence-electron chi connectivity index (χ2n) is 7.01. The van der Waals surface area contributed by atoms with Gasteiger partial charge in [0.15, 0.2) is 0 Å². The lowest BCUT2D eigenvalue weighted by molar-refractivity contribution is -0.118. The predicted molar refractivity (Wildman–Crippen MR) is 93.7 cm³/mol. The van der Waals surface area contributed by atoms with E-state index in [1.54, 1.807) is 24.3 Å². The van der Waals surface area contributed by atoms with Gasteiger partial charge in [-0.05, 0) is 49.4 Å². The zero-order valence-electron chi connectivity index (χ0n) is 14.2. The summed E-state index contributed by atoms with van der Waals surface area (Å²) in [6.07, 6.45) is 3.25. The standard InChI is InChI=1S/C17H24N2O3S/c1-11(2)10-14-15(17(14,3)4)16(20)18-12-6-8-13(9-7-12)19-23(5,21)22/h6-10,14-15,19H,1-5H3,(H,18,20)/t14-,15+/m0/s1. The molecule has 1 saturated carbocycles. The molecule has 5 nitrogen and oxygen atoms in total. The van der Waals surface area contributed by atoms with Crippen molar-refractivity contribution < 1.29 is 13.2 Å². The third kappa shape index (κ3) is 4.34. The predicted octanol–water partition coefficient (Wildman–Crippen LogP) is 3.24. The first-order valence-electron chi connectivity index (χ1n) is 7.54. The molecule has 0 aromatic heterocycles. The summed E-state index contributed by atoms with van der Waals surface area (Å²) < 4.78 is 24.7. The van der Waals surface area contributed by atoms with Crippen LogP contribution in [0.15, 0.2) is 35.9 Å². The van der Waals surface area contributed by atoms with Gasteiger partial charge in [0.2, 0.25) is 15.9 Å². The minimum Gasteiger partial charge on any atom is -0.326 e. The lowest BCUT2D eigenvalue weighted by Gasteiger charge is -2.08. The third-order valence-corrected chi connectivity index (χ3v) is 4.77. The Morgan fingerprint density at radius 2 is 1.65 bits per heavy atom. The van der Waals surface area contributed by atoms with E-state index in [4.69, 9.17) is 0 Å². The van der Waals surface area contributed by atoms with Gasteiger partial charge in [-0.1, -0.05) is 25.5 Å². The second kappa shape index (κ2) is 6.00. The molecule has 0 spiro atoms. The number of allylic oxidation sites excluding steroid dienone is 2. The Morgan fingerprint density at radius 3 is 2.13 bits per heavy atom. The van der Waals surface area contributed by atoms with Crippen LogP contribution in [0.2, 0.25) is 0 Å². The van der Waals surface area contributed by atoms with Gasteiger partial charge in [-0.25, -0.2) is 8.42 Å². The number of rotatable bonds is 5. The van der Waals surface area contributed by atoms with Crippen LogP contribution in [0.3, 0.4) is 0 Å². The summed E-state index contributed by atoms with van der Waals surface area (Å²) in [4.78, 5) is 12.4. The molecule has 0 unspecified atom stereocenters. The third-order valence-electron chi connectivity index (χ3n) is 4.16. The number of anilines is 2. The van der Waals surface area contributed by atoms with Crippen LogP contribution in [-0.2, 0) is 14.8 Å². The number of hydrogen-bond donors (Lipinski definition) is 2. The fraction of sp³-hybridized carbons (Fsp3) is 0.471. The molecule has 2 atom stereocenters. The first-order chi connectivity index (χ1) is 10.5. The van der Waals surface area contributed by atoms with Crippen LogP contribution in [0.25, 0.3) is 0 Å². The smallest absolute Gasteiger partial charge is 0.229 e. The first-order valence-corrected chi connectivity index (χ1v) is 9.43. The summed E-state index contributed by atoms with van der Waals surface area (Å²) in [6.45, 7) is 8.27. The van der Waals surface area contributed by atoms with Gasteiger partial charge in [0, 0.05) is 11.4 Å². The maximum absolute atomic E-state index is 12.4. The van der Waals surface area contributed by atoms with Gasteiger partial charge in [0.05, 0.1) is 12.2 Å². The van der Waals surface area contributed by atoms with Gasteiger partial charge >= 0.3 is 0 Å². The Balaban J connectivity index is 2.03. The van der Waals surface area contributed by atoms with Crippen LogP contribution in [0.5, 0.6) is 0 Å².